The summed E-state index contributed by atoms with van der Waals surface area (Å²) in [5, 5.41) is 55.3. The molecule has 0 heterocycles. The van der Waals surface area contributed by atoms with Crippen LogP contribution in [0.15, 0.2) is 0 Å². The number of aliphatic hydroxyl groups excluding tert-OH is 6. The number of phosphoric acid groups is 1. The first-order chi connectivity index (χ1) is 9.01. The van der Waals surface area contributed by atoms with Crippen molar-refractivity contribution >= 4 is 14.1 Å². The van der Waals surface area contributed by atoms with Crippen LogP contribution in [0.5, 0.6) is 0 Å². The lowest BCUT2D eigenvalue weighted by Crippen LogP contribution is -2.53. The molecule has 6 atom stereocenters. The zero-order valence-electron chi connectivity index (χ0n) is 9.92. The van der Waals surface area contributed by atoms with Crippen LogP contribution in [0.25, 0.3) is 0 Å². The van der Waals surface area contributed by atoms with Crippen LogP contribution >= 0.6 is 7.82 Å². The van der Waals surface area contributed by atoms with Gasteiger partial charge in [-0.1, -0.05) is 0 Å². The zero-order chi connectivity index (χ0) is 16.1. The van der Waals surface area contributed by atoms with Gasteiger partial charge in [-0.05, 0) is 0 Å². The molecule has 0 fully saturated rings. The van der Waals surface area contributed by atoms with Gasteiger partial charge in [0.15, 0.2) is 6.29 Å². The van der Waals surface area contributed by atoms with Crippen molar-refractivity contribution < 1.29 is 54.3 Å². The first-order valence-corrected chi connectivity index (χ1v) is 6.67. The Kier molecular flexibility index (Phi) is 7.91. The molecule has 0 aliphatic rings. The summed E-state index contributed by atoms with van der Waals surface area (Å²) in [4.78, 5) is 30.4. The monoisotopic (exact) mass is 318 g/mol. The number of carbonyl (C=O) groups is 1. The highest BCUT2D eigenvalue weighted by molar-refractivity contribution is 7.43. The predicted octanol–water partition coefficient (Wildman–Crippen LogP) is -5.80. The van der Waals surface area contributed by atoms with Crippen LogP contribution in [0.1, 0.15) is 0 Å². The maximum absolute atomic E-state index is 10.2. The molecule has 0 aliphatic heterocycles. The van der Waals surface area contributed by atoms with Crippen molar-refractivity contribution in [3.05, 3.63) is 0 Å². The van der Waals surface area contributed by atoms with Gasteiger partial charge in [-0.2, -0.15) is 0 Å². The molecule has 0 rings (SSSR count). The van der Waals surface area contributed by atoms with Gasteiger partial charge >= 0.3 is 0 Å². The maximum atomic E-state index is 10.2. The average Bonchev–Trinajstić information content (AvgIpc) is 2.39. The first kappa shape index (κ1) is 19.5. The van der Waals surface area contributed by atoms with Crippen molar-refractivity contribution in [3.63, 3.8) is 0 Å². The molecular formula is C8H15O11P-2. The second-order valence-corrected chi connectivity index (χ2v) is 5.05. The van der Waals surface area contributed by atoms with E-state index in [9.17, 15) is 44.7 Å². The van der Waals surface area contributed by atoms with Crippen LogP contribution in [0.3, 0.4) is 0 Å². The molecule has 0 unspecified atom stereocenters. The maximum Gasteiger partial charge on any atom is 0.151 e. The highest BCUT2D eigenvalue weighted by Gasteiger charge is 2.37. The summed E-state index contributed by atoms with van der Waals surface area (Å²) in [5.41, 5.74) is 0. The van der Waals surface area contributed by atoms with Gasteiger partial charge in [0.2, 0.25) is 0 Å². The third-order valence-electron chi connectivity index (χ3n) is 2.34. The van der Waals surface area contributed by atoms with Crippen LogP contribution < -0.4 is 9.79 Å². The first-order valence-electron chi connectivity index (χ1n) is 5.21. The number of hydrogen-bond donors (Lipinski definition) is 6. The van der Waals surface area contributed by atoms with E-state index in [0.29, 0.717) is 0 Å². The third kappa shape index (κ3) is 6.33. The van der Waals surface area contributed by atoms with Gasteiger partial charge in [0.25, 0.3) is 0 Å². The van der Waals surface area contributed by atoms with Gasteiger partial charge in [0, 0.05) is 0 Å². The molecule has 12 heteroatoms. The van der Waals surface area contributed by atoms with E-state index < -0.39 is 51.1 Å². The van der Waals surface area contributed by atoms with Crippen LogP contribution in [0.2, 0.25) is 0 Å². The quantitative estimate of drug-likeness (QED) is 0.174. The lowest BCUT2D eigenvalue weighted by molar-refractivity contribution is -0.343. The van der Waals surface area contributed by atoms with Crippen LogP contribution in [0, 0.1) is 0 Å². The summed E-state index contributed by atoms with van der Waals surface area (Å²) in [6, 6.07) is 0. The van der Waals surface area contributed by atoms with Gasteiger partial charge < -0.3 is 54.3 Å². The molecule has 6 N–H and O–H groups in total. The number of aliphatic hydroxyl groups is 6. The minimum Gasteiger partial charge on any atom is -0.790 e. The van der Waals surface area contributed by atoms with E-state index in [1.54, 1.807) is 0 Å². The molecule has 0 amide bonds. The lowest BCUT2D eigenvalue weighted by atomic mass is 9.97. The van der Waals surface area contributed by atoms with Crippen molar-refractivity contribution in [1.29, 1.82) is 0 Å². The van der Waals surface area contributed by atoms with Gasteiger partial charge in [-0.15, -0.1) is 0 Å². The molecule has 0 aromatic carbocycles. The van der Waals surface area contributed by atoms with Gasteiger partial charge in [0.05, 0.1) is 14.4 Å². The molecule has 0 aromatic rings. The minimum atomic E-state index is -5.40. The Morgan fingerprint density at radius 1 is 0.950 bits per heavy atom. The molecule has 11 nitrogen and oxygen atoms in total. The number of aldehydes is 1. The van der Waals surface area contributed by atoms with E-state index >= 15 is 0 Å². The van der Waals surface area contributed by atoms with Crippen molar-refractivity contribution in [2.75, 3.05) is 6.61 Å². The van der Waals surface area contributed by atoms with Crippen molar-refractivity contribution in [2.24, 2.45) is 0 Å². The van der Waals surface area contributed by atoms with Crippen LogP contribution in [-0.2, 0) is 13.9 Å². The minimum absolute atomic E-state index is 0.141. The zero-order valence-corrected chi connectivity index (χ0v) is 10.8. The largest absolute Gasteiger partial charge is 0.790 e. The van der Waals surface area contributed by atoms with E-state index in [-0.39, 0.29) is 6.29 Å². The Morgan fingerprint density at radius 2 is 1.40 bits per heavy atom. The smallest absolute Gasteiger partial charge is 0.151 e. The van der Waals surface area contributed by atoms with Crippen molar-refractivity contribution in [1.82, 2.24) is 0 Å². The van der Waals surface area contributed by atoms with E-state index in [0.717, 1.165) is 0 Å². The molecule has 0 spiro atoms. The standard InChI is InChI=1S/C8H17O11P/c9-1-3(10)5(12)7(14)8(15)6(13)4(11)2-19-20(16,17)18/h1,3-8,10-15H,2H2,(H2,16,17,18)/p-2/t3-,4+,5+,6+,7-,8+/m0/s1. The Hall–Kier alpha value is -0.460. The number of phosphoric ester groups is 1. The summed E-state index contributed by atoms with van der Waals surface area (Å²) in [6.07, 6.45) is -13.1. The summed E-state index contributed by atoms with van der Waals surface area (Å²) >= 11 is 0. The number of hydrogen-bond acceptors (Lipinski definition) is 11. The summed E-state index contributed by atoms with van der Waals surface area (Å²) in [7, 11) is -5.40. The molecule has 120 valence electrons. The van der Waals surface area contributed by atoms with Crippen molar-refractivity contribution in [2.45, 2.75) is 36.6 Å². The fraction of sp³-hybridized carbons (Fsp3) is 0.875. The number of carbonyl (C=O) groups excluding carboxylic acids is 1. The second-order valence-electron chi connectivity index (χ2n) is 3.90. The topological polar surface area (TPSA) is 211 Å². The van der Waals surface area contributed by atoms with Crippen LogP contribution in [-0.4, -0.2) is 80.2 Å². The van der Waals surface area contributed by atoms with Crippen molar-refractivity contribution in [3.8, 4) is 0 Å². The third-order valence-corrected chi connectivity index (χ3v) is 2.80. The Bertz CT molecular complexity index is 343. The summed E-state index contributed by atoms with van der Waals surface area (Å²) in [5.74, 6) is 0. The Morgan fingerprint density at radius 3 is 1.80 bits per heavy atom. The molecule has 0 aliphatic carbocycles. The fourth-order valence-electron chi connectivity index (χ4n) is 1.18. The van der Waals surface area contributed by atoms with Gasteiger partial charge in [0.1, 0.15) is 36.6 Å². The molecule has 0 aromatic heterocycles. The van der Waals surface area contributed by atoms with Gasteiger partial charge in [-0.25, -0.2) is 0 Å². The second kappa shape index (κ2) is 8.10. The molecule has 0 saturated heterocycles. The molecule has 0 saturated carbocycles. The van der Waals surface area contributed by atoms with Crippen LogP contribution in [0.4, 0.5) is 0 Å². The van der Waals surface area contributed by atoms with E-state index in [4.69, 9.17) is 5.11 Å². The predicted molar refractivity (Wildman–Crippen MR) is 55.7 cm³/mol. The Balaban J connectivity index is 4.55. The molecule has 0 bridgehead atoms. The van der Waals surface area contributed by atoms with E-state index in [1.807, 2.05) is 0 Å². The summed E-state index contributed by atoms with van der Waals surface area (Å²) in [6.45, 7) is -1.19. The molecule has 0 radical (unpaired) electrons. The summed E-state index contributed by atoms with van der Waals surface area (Å²) < 4.78 is 13.8. The highest BCUT2D eigenvalue weighted by atomic mass is 31.2. The Labute approximate surface area is 112 Å². The van der Waals surface area contributed by atoms with E-state index in [1.165, 1.54) is 0 Å². The fourth-order valence-corrected chi connectivity index (χ4v) is 1.52. The molecular weight excluding hydrogens is 303 g/mol. The molecule has 20 heavy (non-hydrogen) atoms. The SMILES string of the molecule is O=C[C@H](O)[C@@H](O)[C@H](O)[C@H](O)[C@H](O)[C@H](O)COP(=O)([O-])[O-]. The highest BCUT2D eigenvalue weighted by Crippen LogP contribution is 2.25. The van der Waals surface area contributed by atoms with E-state index in [2.05, 4.69) is 4.52 Å². The number of rotatable bonds is 9. The normalized spacial score (nSPS) is 21.6. The average molecular weight is 318 g/mol. The van der Waals surface area contributed by atoms with Gasteiger partial charge in [-0.3, -0.25) is 0 Å². The lowest BCUT2D eigenvalue weighted by Gasteiger charge is -2.33.